The van der Waals surface area contributed by atoms with Crippen LogP contribution in [-0.2, 0) is 0 Å². The summed E-state index contributed by atoms with van der Waals surface area (Å²) in [5.74, 6) is 0. The van der Waals surface area contributed by atoms with Crippen molar-refractivity contribution in [3.05, 3.63) is 151 Å². The summed E-state index contributed by atoms with van der Waals surface area (Å²) in [7, 11) is -2.75. The molecule has 36 heavy (non-hydrogen) atoms. The molecule has 0 N–H and O–H groups in total. The summed E-state index contributed by atoms with van der Waals surface area (Å²) in [6.45, 7) is 8.66. The number of hydrogen-bond donors (Lipinski definition) is 0. The molecule has 1 aliphatic heterocycles. The molecule has 1 heterocycles. The molecule has 4 aromatic carbocycles. The van der Waals surface area contributed by atoms with E-state index in [2.05, 4.69) is 145 Å². The van der Waals surface area contributed by atoms with Gasteiger partial charge < -0.3 is 0 Å². The molecule has 2 atom stereocenters. The third-order valence-corrected chi connectivity index (χ3v) is 14.8. The van der Waals surface area contributed by atoms with E-state index in [0.29, 0.717) is 11.3 Å². The normalized spacial score (nSPS) is 18.7. The van der Waals surface area contributed by atoms with E-state index in [-0.39, 0.29) is 0 Å². The summed E-state index contributed by atoms with van der Waals surface area (Å²) in [6.07, 6.45) is 7.27. The van der Waals surface area contributed by atoms with Crippen molar-refractivity contribution < 1.29 is 0 Å². The SMILES string of the molecule is [CH2-][P+]1(N(CCCC)P(c2ccccc2)c2ccccc2)[C@H](c2ccccc2)C=C[C@H]1c1ccccc1. The fourth-order valence-electron chi connectivity index (χ4n) is 5.31. The van der Waals surface area contributed by atoms with Crippen LogP contribution in [0.5, 0.6) is 0 Å². The van der Waals surface area contributed by atoms with E-state index < -0.39 is 15.5 Å². The van der Waals surface area contributed by atoms with Gasteiger partial charge in [-0.25, -0.2) is 0 Å². The Hall–Kier alpha value is -2.56. The molecule has 0 fully saturated rings. The van der Waals surface area contributed by atoms with Crippen LogP contribution in [0.4, 0.5) is 0 Å². The summed E-state index contributed by atoms with van der Waals surface area (Å²) < 4.78 is 2.89. The zero-order chi connectivity index (χ0) is 24.8. The Morgan fingerprint density at radius 2 is 1.03 bits per heavy atom. The molecule has 0 aromatic heterocycles. The summed E-state index contributed by atoms with van der Waals surface area (Å²) in [4.78, 5) is 0. The first kappa shape index (κ1) is 25.1. The number of benzene rings is 4. The van der Waals surface area contributed by atoms with Crippen LogP contribution in [0.2, 0.25) is 0 Å². The maximum Gasteiger partial charge on any atom is 0.103 e. The third-order valence-electron chi connectivity index (χ3n) is 7.10. The van der Waals surface area contributed by atoms with Gasteiger partial charge in [-0.3, -0.25) is 0 Å². The molecule has 0 saturated heterocycles. The molecule has 182 valence electrons. The molecular weight excluding hydrogens is 472 g/mol. The van der Waals surface area contributed by atoms with Gasteiger partial charge in [0.15, 0.2) is 0 Å². The summed E-state index contributed by atoms with van der Waals surface area (Å²) in [5, 5.41) is 2.81. The quantitative estimate of drug-likeness (QED) is 0.124. The van der Waals surface area contributed by atoms with Crippen molar-refractivity contribution in [2.75, 3.05) is 6.54 Å². The van der Waals surface area contributed by atoms with Crippen LogP contribution in [-0.4, -0.2) is 11.0 Å². The minimum atomic E-state index is -2.01. The molecule has 0 unspecified atom stereocenters. The van der Waals surface area contributed by atoms with Gasteiger partial charge in [-0.05, 0) is 47.7 Å². The van der Waals surface area contributed by atoms with Crippen molar-refractivity contribution in [1.82, 2.24) is 4.44 Å². The van der Waals surface area contributed by atoms with Gasteiger partial charge in [-0.15, -0.1) is 0 Å². The Balaban J connectivity index is 1.72. The molecule has 0 saturated carbocycles. The number of rotatable bonds is 9. The van der Waals surface area contributed by atoms with Gasteiger partial charge in [0, 0.05) is 6.54 Å². The van der Waals surface area contributed by atoms with Crippen LogP contribution in [0.3, 0.4) is 0 Å². The third kappa shape index (κ3) is 4.99. The Labute approximate surface area is 219 Å². The highest BCUT2D eigenvalue weighted by Gasteiger charge is 2.53. The minimum absolute atomic E-state index is 0.304. The smallest absolute Gasteiger partial charge is 0.103 e. The van der Waals surface area contributed by atoms with Crippen molar-refractivity contribution in [2.45, 2.75) is 31.1 Å². The summed E-state index contributed by atoms with van der Waals surface area (Å²) in [5.41, 5.74) is 3.37. The van der Waals surface area contributed by atoms with Crippen molar-refractivity contribution in [3.63, 3.8) is 0 Å². The predicted molar refractivity (Wildman–Crippen MR) is 160 cm³/mol. The summed E-state index contributed by atoms with van der Waals surface area (Å²) >= 11 is 0. The maximum atomic E-state index is 5.30. The average molecular weight is 508 g/mol. The predicted octanol–water partition coefficient (Wildman–Crippen LogP) is 8.91. The van der Waals surface area contributed by atoms with Gasteiger partial charge >= 0.3 is 0 Å². The molecule has 5 rings (SSSR count). The minimum Gasteiger partial charge on any atom is -0.179 e. The van der Waals surface area contributed by atoms with Gasteiger partial charge in [0.05, 0.1) is 8.07 Å². The molecule has 0 spiro atoms. The number of nitrogens with zero attached hydrogens (tertiary/aromatic N) is 1. The zero-order valence-corrected chi connectivity index (χ0v) is 22.8. The van der Waals surface area contributed by atoms with Gasteiger partial charge in [0.2, 0.25) is 0 Å². The van der Waals surface area contributed by atoms with Gasteiger partial charge in [-0.2, -0.15) is 11.1 Å². The first-order valence-corrected chi connectivity index (χ1v) is 16.3. The lowest BCUT2D eigenvalue weighted by Gasteiger charge is -2.49. The second-order valence-electron chi connectivity index (χ2n) is 9.41. The van der Waals surface area contributed by atoms with Crippen molar-refractivity contribution in [1.29, 1.82) is 0 Å². The number of allylic oxidation sites excluding steroid dienone is 2. The van der Waals surface area contributed by atoms with E-state index in [0.717, 1.165) is 6.54 Å². The van der Waals surface area contributed by atoms with Crippen LogP contribution < -0.4 is 10.6 Å². The van der Waals surface area contributed by atoms with Crippen LogP contribution in [0, 0.1) is 6.66 Å². The largest absolute Gasteiger partial charge is 0.179 e. The lowest BCUT2D eigenvalue weighted by Crippen LogP contribution is -2.31. The summed E-state index contributed by atoms with van der Waals surface area (Å²) in [6, 6.07) is 44.5. The number of hydrogen-bond acceptors (Lipinski definition) is 1. The van der Waals surface area contributed by atoms with Crippen molar-refractivity contribution >= 4 is 26.1 Å². The molecule has 0 radical (unpaired) electrons. The van der Waals surface area contributed by atoms with E-state index in [4.69, 9.17) is 6.66 Å². The lowest BCUT2D eigenvalue weighted by molar-refractivity contribution is 0.627. The first-order chi connectivity index (χ1) is 17.7. The monoisotopic (exact) mass is 507 g/mol. The lowest BCUT2D eigenvalue weighted by atomic mass is 10.1. The Kier molecular flexibility index (Phi) is 8.13. The molecule has 1 aliphatic rings. The van der Waals surface area contributed by atoms with E-state index >= 15 is 0 Å². The topological polar surface area (TPSA) is 3.24 Å². The Morgan fingerprint density at radius 1 is 0.639 bits per heavy atom. The number of unbranched alkanes of at least 4 members (excludes halogenated alkanes) is 1. The second kappa shape index (κ2) is 11.7. The van der Waals surface area contributed by atoms with Gasteiger partial charge in [0.1, 0.15) is 11.3 Å². The van der Waals surface area contributed by atoms with E-state index in [1.54, 1.807) is 0 Å². The standard InChI is InChI=1S/C33H35NP2/c1-3-4-27-34(35(30-21-13-7-14-22-30)31-23-15-8-16-24-31)36(2)32(28-17-9-5-10-18-28)25-26-33(36)29-19-11-6-12-20-29/h5-26,32-33H,2-4,27H2,1H3/t32-,33-/m0/s1. The van der Waals surface area contributed by atoms with E-state index in [1.165, 1.54) is 34.6 Å². The highest BCUT2D eigenvalue weighted by Crippen LogP contribution is 2.86. The molecule has 0 bridgehead atoms. The van der Waals surface area contributed by atoms with Crippen LogP contribution >= 0.6 is 15.5 Å². The highest BCUT2D eigenvalue weighted by atomic mass is 31.2. The van der Waals surface area contributed by atoms with E-state index in [9.17, 15) is 0 Å². The van der Waals surface area contributed by atoms with Crippen molar-refractivity contribution in [2.24, 2.45) is 0 Å². The van der Waals surface area contributed by atoms with Crippen LogP contribution in [0.25, 0.3) is 0 Å². The van der Waals surface area contributed by atoms with Crippen LogP contribution in [0.1, 0.15) is 42.2 Å². The fraction of sp³-hybridized carbons (Fsp3) is 0.182. The molecular formula is C33H35NP2. The highest BCUT2D eigenvalue weighted by molar-refractivity contribution is 7.87. The molecule has 4 aromatic rings. The molecule has 3 heteroatoms. The van der Waals surface area contributed by atoms with Gasteiger partial charge in [-0.1, -0.05) is 135 Å². The van der Waals surface area contributed by atoms with Gasteiger partial charge in [0.25, 0.3) is 0 Å². The maximum absolute atomic E-state index is 5.30. The molecule has 0 amide bonds. The average Bonchev–Trinajstić information content (AvgIpc) is 3.30. The Morgan fingerprint density at radius 3 is 1.42 bits per heavy atom. The molecule has 1 nitrogen and oxygen atoms in total. The first-order valence-electron chi connectivity index (χ1n) is 12.9. The van der Waals surface area contributed by atoms with Crippen molar-refractivity contribution in [3.8, 4) is 0 Å². The fourth-order valence-corrected chi connectivity index (χ4v) is 13.6. The second-order valence-corrected chi connectivity index (χ2v) is 15.2. The molecule has 0 aliphatic carbocycles. The Bertz CT molecular complexity index is 1150. The zero-order valence-electron chi connectivity index (χ0n) is 21.0. The van der Waals surface area contributed by atoms with Crippen LogP contribution in [0.15, 0.2) is 133 Å². The van der Waals surface area contributed by atoms with E-state index in [1.807, 2.05) is 0 Å².